The number of unbranched alkanes of at least 4 members (excludes halogenated alkanes) is 6. The van der Waals surface area contributed by atoms with Crippen LogP contribution < -0.4 is 5.32 Å². The van der Waals surface area contributed by atoms with Crippen molar-refractivity contribution in [2.75, 3.05) is 19.6 Å². The van der Waals surface area contributed by atoms with E-state index in [1.807, 2.05) is 0 Å². The number of rotatable bonds is 10. The van der Waals surface area contributed by atoms with E-state index in [0.29, 0.717) is 0 Å². The van der Waals surface area contributed by atoms with E-state index in [2.05, 4.69) is 31.0 Å². The molecule has 1 aliphatic carbocycles. The average molecular weight is 295 g/mol. The van der Waals surface area contributed by atoms with Crippen molar-refractivity contribution < 1.29 is 0 Å². The molecule has 2 aliphatic rings. The summed E-state index contributed by atoms with van der Waals surface area (Å²) >= 11 is 0. The Labute approximate surface area is 133 Å². The summed E-state index contributed by atoms with van der Waals surface area (Å²) in [5, 5.41) is 3.83. The summed E-state index contributed by atoms with van der Waals surface area (Å²) < 4.78 is 0. The van der Waals surface area contributed by atoms with Gasteiger partial charge in [-0.1, -0.05) is 59.3 Å². The van der Waals surface area contributed by atoms with Crippen molar-refractivity contribution in [1.29, 1.82) is 0 Å². The van der Waals surface area contributed by atoms with Crippen molar-refractivity contribution in [3.8, 4) is 0 Å². The summed E-state index contributed by atoms with van der Waals surface area (Å²) in [6.45, 7) is 10.9. The fourth-order valence-corrected chi connectivity index (χ4v) is 3.85. The molecule has 2 fully saturated rings. The van der Waals surface area contributed by atoms with Gasteiger partial charge >= 0.3 is 0 Å². The summed E-state index contributed by atoms with van der Waals surface area (Å²) in [7, 11) is 0. The Morgan fingerprint density at radius 3 is 2.29 bits per heavy atom. The van der Waals surface area contributed by atoms with E-state index in [4.69, 9.17) is 0 Å². The van der Waals surface area contributed by atoms with Gasteiger partial charge in [-0.25, -0.2) is 0 Å². The van der Waals surface area contributed by atoms with Crippen LogP contribution in [0.5, 0.6) is 0 Å². The average Bonchev–Trinajstić information content (AvgIpc) is 3.30. The van der Waals surface area contributed by atoms with Crippen LogP contribution in [0.1, 0.15) is 78.6 Å². The van der Waals surface area contributed by atoms with Crippen molar-refractivity contribution >= 4 is 0 Å². The molecule has 0 aromatic heterocycles. The number of nitrogens with one attached hydrogen (secondary N) is 1. The standard InChI is InChI=1S/C19H38N2/c1-4-5-6-7-8-9-10-13-21-15-18(17-11-12-17)20-14-19(21)16(2)3/h16-20H,4-15H2,1-3H3. The molecular weight excluding hydrogens is 256 g/mol. The van der Waals surface area contributed by atoms with Gasteiger partial charge in [0, 0.05) is 25.2 Å². The molecule has 2 nitrogen and oxygen atoms in total. The van der Waals surface area contributed by atoms with Gasteiger partial charge in [0.15, 0.2) is 0 Å². The van der Waals surface area contributed by atoms with Crippen molar-refractivity contribution in [3.05, 3.63) is 0 Å². The minimum absolute atomic E-state index is 0.764. The van der Waals surface area contributed by atoms with Crippen LogP contribution in [0.3, 0.4) is 0 Å². The number of hydrogen-bond acceptors (Lipinski definition) is 2. The molecule has 0 radical (unpaired) electrons. The number of hydrogen-bond donors (Lipinski definition) is 1. The first-order valence-electron chi connectivity index (χ1n) is 9.69. The summed E-state index contributed by atoms with van der Waals surface area (Å²) in [5.74, 6) is 1.77. The Balaban J connectivity index is 1.64. The zero-order valence-electron chi connectivity index (χ0n) is 14.7. The maximum Gasteiger partial charge on any atom is 0.0244 e. The van der Waals surface area contributed by atoms with Crippen molar-refractivity contribution in [3.63, 3.8) is 0 Å². The van der Waals surface area contributed by atoms with Crippen LogP contribution in [0.25, 0.3) is 0 Å². The normalized spacial score (nSPS) is 27.4. The smallest absolute Gasteiger partial charge is 0.0244 e. The first-order chi connectivity index (χ1) is 10.2. The maximum absolute atomic E-state index is 3.83. The molecule has 124 valence electrons. The molecule has 2 unspecified atom stereocenters. The molecular formula is C19H38N2. The molecule has 0 aromatic carbocycles. The third-order valence-electron chi connectivity index (χ3n) is 5.50. The highest BCUT2D eigenvalue weighted by molar-refractivity contribution is 4.95. The van der Waals surface area contributed by atoms with E-state index in [-0.39, 0.29) is 0 Å². The summed E-state index contributed by atoms with van der Waals surface area (Å²) in [4.78, 5) is 2.82. The van der Waals surface area contributed by atoms with Crippen molar-refractivity contribution in [2.24, 2.45) is 11.8 Å². The van der Waals surface area contributed by atoms with Gasteiger partial charge in [-0.2, -0.15) is 0 Å². The third-order valence-corrected chi connectivity index (χ3v) is 5.50. The van der Waals surface area contributed by atoms with Gasteiger partial charge in [0.25, 0.3) is 0 Å². The highest BCUT2D eigenvalue weighted by Gasteiger charge is 2.37. The molecule has 2 atom stereocenters. The van der Waals surface area contributed by atoms with E-state index < -0.39 is 0 Å². The van der Waals surface area contributed by atoms with E-state index >= 15 is 0 Å². The van der Waals surface area contributed by atoms with E-state index in [1.54, 1.807) is 0 Å². The molecule has 1 heterocycles. The molecule has 21 heavy (non-hydrogen) atoms. The van der Waals surface area contributed by atoms with Gasteiger partial charge in [-0.3, -0.25) is 4.90 Å². The van der Waals surface area contributed by atoms with Crippen LogP contribution in [0.2, 0.25) is 0 Å². The molecule has 2 rings (SSSR count). The van der Waals surface area contributed by atoms with Gasteiger partial charge in [-0.05, 0) is 37.6 Å². The van der Waals surface area contributed by atoms with Gasteiger partial charge in [0.1, 0.15) is 0 Å². The van der Waals surface area contributed by atoms with Gasteiger partial charge in [0.05, 0.1) is 0 Å². The minimum Gasteiger partial charge on any atom is -0.311 e. The SMILES string of the molecule is CCCCCCCCCN1CC(C2CC2)NCC1C(C)C. The van der Waals surface area contributed by atoms with E-state index in [1.165, 1.54) is 77.4 Å². The monoisotopic (exact) mass is 294 g/mol. The maximum atomic E-state index is 3.83. The van der Waals surface area contributed by atoms with Crippen molar-refractivity contribution in [1.82, 2.24) is 10.2 Å². The first-order valence-corrected chi connectivity index (χ1v) is 9.69. The predicted molar refractivity (Wildman–Crippen MR) is 92.7 cm³/mol. The Morgan fingerprint density at radius 2 is 1.67 bits per heavy atom. The Morgan fingerprint density at radius 1 is 1.00 bits per heavy atom. The van der Waals surface area contributed by atoms with Crippen molar-refractivity contribution in [2.45, 2.75) is 90.6 Å². The predicted octanol–water partition coefficient (Wildman–Crippen LogP) is 4.45. The fourth-order valence-electron chi connectivity index (χ4n) is 3.85. The third kappa shape index (κ3) is 5.90. The van der Waals surface area contributed by atoms with Crippen LogP contribution in [-0.4, -0.2) is 36.6 Å². The second kappa shape index (κ2) is 9.15. The molecule has 2 heteroatoms. The second-order valence-corrected chi connectivity index (χ2v) is 7.78. The molecule has 0 aromatic rings. The zero-order chi connectivity index (χ0) is 15.1. The topological polar surface area (TPSA) is 15.3 Å². The summed E-state index contributed by atoms with van der Waals surface area (Å²) in [6.07, 6.45) is 12.9. The molecule has 0 spiro atoms. The van der Waals surface area contributed by atoms with E-state index in [9.17, 15) is 0 Å². The highest BCUT2D eigenvalue weighted by Crippen LogP contribution is 2.34. The Kier molecular flexibility index (Phi) is 7.53. The molecule has 0 bridgehead atoms. The molecule has 1 aliphatic heterocycles. The lowest BCUT2D eigenvalue weighted by atomic mass is 9.96. The zero-order valence-corrected chi connectivity index (χ0v) is 14.7. The van der Waals surface area contributed by atoms with Gasteiger partial charge in [0.2, 0.25) is 0 Å². The lowest BCUT2D eigenvalue weighted by Crippen LogP contribution is -2.59. The number of nitrogens with zero attached hydrogens (tertiary/aromatic N) is 1. The Bertz CT molecular complexity index is 273. The molecule has 1 N–H and O–H groups in total. The highest BCUT2D eigenvalue weighted by atomic mass is 15.2. The van der Waals surface area contributed by atoms with Crippen LogP contribution in [0.4, 0.5) is 0 Å². The lowest BCUT2D eigenvalue weighted by molar-refractivity contribution is 0.0903. The number of piperazine rings is 1. The van der Waals surface area contributed by atoms with Gasteiger partial charge < -0.3 is 5.32 Å². The van der Waals surface area contributed by atoms with E-state index in [0.717, 1.165) is 23.9 Å². The van der Waals surface area contributed by atoms with Crippen LogP contribution in [0, 0.1) is 11.8 Å². The van der Waals surface area contributed by atoms with Gasteiger partial charge in [-0.15, -0.1) is 0 Å². The quantitative estimate of drug-likeness (QED) is 0.599. The minimum atomic E-state index is 0.764. The first kappa shape index (κ1) is 17.3. The molecule has 0 amide bonds. The Hall–Kier alpha value is -0.0800. The van der Waals surface area contributed by atoms with Crippen LogP contribution in [0.15, 0.2) is 0 Å². The molecule has 1 saturated heterocycles. The second-order valence-electron chi connectivity index (χ2n) is 7.78. The summed E-state index contributed by atoms with van der Waals surface area (Å²) in [6, 6.07) is 1.56. The van der Waals surface area contributed by atoms with Crippen LogP contribution in [-0.2, 0) is 0 Å². The largest absolute Gasteiger partial charge is 0.311 e. The lowest BCUT2D eigenvalue weighted by Gasteiger charge is -2.42. The molecule has 1 saturated carbocycles. The fraction of sp³-hybridized carbons (Fsp3) is 1.00. The summed E-state index contributed by atoms with van der Waals surface area (Å²) in [5.41, 5.74) is 0. The van der Waals surface area contributed by atoms with Crippen LogP contribution >= 0.6 is 0 Å².